The molecule has 1 fully saturated rings. The van der Waals surface area contributed by atoms with E-state index in [-0.39, 0.29) is 11.6 Å². The number of hydrogen-bond donors (Lipinski definition) is 0. The normalized spacial score (nSPS) is 22.7. The van der Waals surface area contributed by atoms with Gasteiger partial charge in [0.2, 0.25) is 5.91 Å². The molecule has 0 spiro atoms. The van der Waals surface area contributed by atoms with E-state index in [1.165, 1.54) is 12.1 Å². The van der Waals surface area contributed by atoms with Gasteiger partial charge in [0.05, 0.1) is 11.4 Å². The maximum Gasteiger partial charge on any atom is 0.227 e. The zero-order valence-corrected chi connectivity index (χ0v) is 13.8. The molecule has 1 atom stereocenters. The van der Waals surface area contributed by atoms with Crippen LogP contribution in [-0.4, -0.2) is 30.7 Å². The van der Waals surface area contributed by atoms with Gasteiger partial charge in [-0.3, -0.25) is 4.79 Å². The van der Waals surface area contributed by atoms with Crippen LogP contribution in [0.5, 0.6) is 0 Å². The second kappa shape index (κ2) is 5.94. The lowest BCUT2D eigenvalue weighted by atomic mass is 10.0. The molecule has 1 aromatic rings. The molecule has 1 amide bonds. The fourth-order valence-electron chi connectivity index (χ4n) is 3.93. The van der Waals surface area contributed by atoms with Crippen molar-refractivity contribution in [1.29, 1.82) is 0 Å². The standard InChI is InChI=1S/C19H22N4O/c1-2-3-11-19(20-21-19)12-10-18(24)23-14-15-7-6-13-22(15)16-8-4-5-9-17(16)23/h1,4-5,8-9,15H,3,6-7,10-14H2/t15-/m0/s1. The largest absolute Gasteiger partial charge is 0.365 e. The van der Waals surface area contributed by atoms with E-state index in [9.17, 15) is 4.79 Å². The molecule has 5 nitrogen and oxygen atoms in total. The van der Waals surface area contributed by atoms with Crippen molar-refractivity contribution in [2.24, 2.45) is 10.2 Å². The number of carbonyl (C=O) groups is 1. The van der Waals surface area contributed by atoms with Crippen LogP contribution in [0.3, 0.4) is 0 Å². The lowest BCUT2D eigenvalue weighted by Crippen LogP contribution is -2.48. The molecule has 3 aliphatic heterocycles. The van der Waals surface area contributed by atoms with Gasteiger partial charge in [-0.25, -0.2) is 0 Å². The molecule has 0 N–H and O–H groups in total. The van der Waals surface area contributed by atoms with Gasteiger partial charge in [-0.05, 0) is 25.0 Å². The van der Waals surface area contributed by atoms with Gasteiger partial charge in [0.1, 0.15) is 0 Å². The van der Waals surface area contributed by atoms with E-state index in [1.54, 1.807) is 0 Å². The lowest BCUT2D eigenvalue weighted by molar-refractivity contribution is -0.119. The molecule has 1 saturated heterocycles. The van der Waals surface area contributed by atoms with Crippen molar-refractivity contribution in [3.8, 4) is 12.3 Å². The Hall–Kier alpha value is -2.35. The number of amides is 1. The number of para-hydroxylation sites is 2. The van der Waals surface area contributed by atoms with E-state index >= 15 is 0 Å². The van der Waals surface area contributed by atoms with Gasteiger partial charge >= 0.3 is 0 Å². The summed E-state index contributed by atoms with van der Waals surface area (Å²) in [4.78, 5) is 17.3. The third-order valence-corrected chi connectivity index (χ3v) is 5.35. The van der Waals surface area contributed by atoms with Gasteiger partial charge < -0.3 is 9.80 Å². The monoisotopic (exact) mass is 322 g/mol. The molecule has 0 aliphatic carbocycles. The van der Waals surface area contributed by atoms with Crippen LogP contribution in [0, 0.1) is 12.3 Å². The van der Waals surface area contributed by atoms with Gasteiger partial charge in [0.15, 0.2) is 5.66 Å². The average molecular weight is 322 g/mol. The Morgan fingerprint density at radius 1 is 1.29 bits per heavy atom. The topological polar surface area (TPSA) is 48.3 Å². The molecule has 0 radical (unpaired) electrons. The van der Waals surface area contributed by atoms with Gasteiger partial charge in [-0.1, -0.05) is 12.1 Å². The third kappa shape index (κ3) is 2.66. The van der Waals surface area contributed by atoms with Crippen LogP contribution in [0.25, 0.3) is 0 Å². The molecule has 3 heterocycles. The molecular formula is C19H22N4O. The fraction of sp³-hybridized carbons (Fsp3) is 0.526. The van der Waals surface area contributed by atoms with Crippen LogP contribution in [0.15, 0.2) is 34.5 Å². The minimum atomic E-state index is -0.378. The molecule has 0 aromatic heterocycles. The molecule has 3 aliphatic rings. The quantitative estimate of drug-likeness (QED) is 0.781. The second-order valence-electron chi connectivity index (χ2n) is 6.87. The molecule has 4 rings (SSSR count). The molecule has 0 saturated carbocycles. The summed E-state index contributed by atoms with van der Waals surface area (Å²) in [7, 11) is 0. The second-order valence-corrected chi connectivity index (χ2v) is 6.87. The maximum absolute atomic E-state index is 12.9. The third-order valence-electron chi connectivity index (χ3n) is 5.35. The average Bonchev–Trinajstić information content (AvgIpc) is 3.23. The predicted octanol–water partition coefficient (Wildman–Crippen LogP) is 3.36. The summed E-state index contributed by atoms with van der Waals surface area (Å²) in [5.74, 6) is 2.80. The smallest absolute Gasteiger partial charge is 0.227 e. The zero-order chi connectivity index (χ0) is 16.6. The Morgan fingerprint density at radius 2 is 2.08 bits per heavy atom. The lowest BCUT2D eigenvalue weighted by Gasteiger charge is -2.40. The van der Waals surface area contributed by atoms with E-state index in [2.05, 4.69) is 39.2 Å². The van der Waals surface area contributed by atoms with E-state index in [0.717, 1.165) is 31.6 Å². The van der Waals surface area contributed by atoms with Crippen molar-refractivity contribution in [2.45, 2.75) is 50.2 Å². The molecule has 24 heavy (non-hydrogen) atoms. The van der Waals surface area contributed by atoms with Crippen LogP contribution in [0.4, 0.5) is 11.4 Å². The zero-order valence-electron chi connectivity index (χ0n) is 13.8. The first-order chi connectivity index (χ1) is 11.7. The van der Waals surface area contributed by atoms with Gasteiger partial charge in [0, 0.05) is 44.8 Å². The first kappa shape index (κ1) is 15.2. The first-order valence-electron chi connectivity index (χ1n) is 8.76. The van der Waals surface area contributed by atoms with Crippen LogP contribution in [0.1, 0.15) is 38.5 Å². The van der Waals surface area contributed by atoms with Crippen LogP contribution < -0.4 is 9.80 Å². The Morgan fingerprint density at radius 3 is 2.83 bits per heavy atom. The van der Waals surface area contributed by atoms with Crippen LogP contribution in [0.2, 0.25) is 0 Å². The predicted molar refractivity (Wildman–Crippen MR) is 94.1 cm³/mol. The number of rotatable bonds is 5. The van der Waals surface area contributed by atoms with E-state index < -0.39 is 0 Å². The molecular weight excluding hydrogens is 300 g/mol. The Bertz CT molecular complexity index is 714. The summed E-state index contributed by atoms with van der Waals surface area (Å²) in [6.07, 6.45) is 10.2. The van der Waals surface area contributed by atoms with Crippen molar-refractivity contribution in [1.82, 2.24) is 0 Å². The van der Waals surface area contributed by atoms with E-state index in [0.29, 0.717) is 25.3 Å². The van der Waals surface area contributed by atoms with Crippen molar-refractivity contribution in [2.75, 3.05) is 22.9 Å². The summed E-state index contributed by atoms with van der Waals surface area (Å²) in [6, 6.07) is 8.71. The summed E-state index contributed by atoms with van der Waals surface area (Å²) in [6.45, 7) is 1.89. The van der Waals surface area contributed by atoms with Crippen molar-refractivity contribution < 1.29 is 4.79 Å². The number of benzene rings is 1. The molecule has 0 bridgehead atoms. The Kier molecular flexibility index (Phi) is 3.76. The fourth-order valence-corrected chi connectivity index (χ4v) is 3.93. The molecule has 124 valence electrons. The highest BCUT2D eigenvalue weighted by Gasteiger charge is 2.41. The maximum atomic E-state index is 12.9. The number of fused-ring (bicyclic) bond motifs is 3. The molecule has 0 unspecified atom stereocenters. The molecule has 1 aromatic carbocycles. The first-order valence-corrected chi connectivity index (χ1v) is 8.76. The van der Waals surface area contributed by atoms with Crippen LogP contribution >= 0.6 is 0 Å². The number of terminal acetylenes is 1. The minimum Gasteiger partial charge on any atom is -0.365 e. The Balaban J connectivity index is 1.47. The number of hydrogen-bond acceptors (Lipinski definition) is 4. The number of nitrogens with zero attached hydrogens (tertiary/aromatic N) is 4. The highest BCUT2D eigenvalue weighted by Crippen LogP contribution is 2.41. The summed E-state index contributed by atoms with van der Waals surface area (Å²) in [5.41, 5.74) is 1.86. The summed E-state index contributed by atoms with van der Waals surface area (Å²) in [5, 5.41) is 8.27. The highest BCUT2D eigenvalue weighted by atomic mass is 16.2. The number of anilines is 2. The summed E-state index contributed by atoms with van der Waals surface area (Å²) >= 11 is 0. The van der Waals surface area contributed by atoms with Gasteiger partial charge in [0.25, 0.3) is 0 Å². The van der Waals surface area contributed by atoms with Crippen molar-refractivity contribution >= 4 is 17.3 Å². The van der Waals surface area contributed by atoms with Crippen molar-refractivity contribution in [3.05, 3.63) is 24.3 Å². The van der Waals surface area contributed by atoms with E-state index in [1.807, 2.05) is 11.0 Å². The summed E-state index contributed by atoms with van der Waals surface area (Å²) < 4.78 is 0. The highest BCUT2D eigenvalue weighted by molar-refractivity contribution is 5.98. The SMILES string of the molecule is C#CCCC1(CCC(=O)N2C[C@@H]3CCCN3c3ccccc32)N=N1. The minimum absolute atomic E-state index is 0.173. The Labute approximate surface area is 142 Å². The van der Waals surface area contributed by atoms with E-state index in [4.69, 9.17) is 6.42 Å². The van der Waals surface area contributed by atoms with Crippen LogP contribution in [-0.2, 0) is 4.79 Å². The molecule has 5 heteroatoms. The van der Waals surface area contributed by atoms with Crippen molar-refractivity contribution in [3.63, 3.8) is 0 Å². The van der Waals surface area contributed by atoms with Gasteiger partial charge in [-0.2, -0.15) is 10.2 Å². The van der Waals surface area contributed by atoms with Gasteiger partial charge in [-0.15, -0.1) is 12.3 Å². The number of carbonyl (C=O) groups excluding carboxylic acids is 1.